The Morgan fingerprint density at radius 3 is 2.57 bits per heavy atom. The standard InChI is InChI=1S/C16H14F2O2S/c17-13-5-10(8-19)6-14(18)16(13)20-9-12-7-11-3-1-2-4-15(11)21-12/h1-6,12,19H,7-9H2. The van der Waals surface area contributed by atoms with Gasteiger partial charge in [0.05, 0.1) is 6.61 Å². The third kappa shape index (κ3) is 3.04. The fraction of sp³-hybridized carbons (Fsp3) is 0.250. The first-order chi connectivity index (χ1) is 10.2. The van der Waals surface area contributed by atoms with Crippen molar-refractivity contribution < 1.29 is 18.6 Å². The summed E-state index contributed by atoms with van der Waals surface area (Å²) in [5, 5.41) is 9.05. The van der Waals surface area contributed by atoms with Crippen molar-refractivity contribution in [2.75, 3.05) is 6.61 Å². The molecule has 3 rings (SSSR count). The second-order valence-corrected chi connectivity index (χ2v) is 6.25. The van der Waals surface area contributed by atoms with E-state index in [9.17, 15) is 8.78 Å². The molecule has 0 bridgehead atoms. The van der Waals surface area contributed by atoms with Crippen molar-refractivity contribution in [1.82, 2.24) is 0 Å². The van der Waals surface area contributed by atoms with Crippen LogP contribution in [0.3, 0.4) is 0 Å². The zero-order valence-electron chi connectivity index (χ0n) is 11.2. The number of thioether (sulfide) groups is 1. The zero-order valence-corrected chi connectivity index (χ0v) is 12.0. The second kappa shape index (κ2) is 6.03. The minimum Gasteiger partial charge on any atom is -0.486 e. The molecule has 1 aliphatic rings. The van der Waals surface area contributed by atoms with Gasteiger partial charge in [-0.3, -0.25) is 0 Å². The van der Waals surface area contributed by atoms with Crippen LogP contribution in [0.1, 0.15) is 11.1 Å². The lowest BCUT2D eigenvalue weighted by Gasteiger charge is -2.13. The molecule has 2 nitrogen and oxygen atoms in total. The lowest BCUT2D eigenvalue weighted by atomic mass is 10.1. The average molecular weight is 308 g/mol. The van der Waals surface area contributed by atoms with E-state index in [1.54, 1.807) is 11.8 Å². The van der Waals surface area contributed by atoms with Gasteiger partial charge in [-0.1, -0.05) is 18.2 Å². The maximum atomic E-state index is 13.8. The summed E-state index contributed by atoms with van der Waals surface area (Å²) in [5.41, 5.74) is 1.44. The number of benzene rings is 2. The molecule has 5 heteroatoms. The van der Waals surface area contributed by atoms with E-state index in [0.717, 1.165) is 18.6 Å². The second-order valence-electron chi connectivity index (χ2n) is 4.91. The first kappa shape index (κ1) is 14.4. The molecular formula is C16H14F2O2S. The summed E-state index contributed by atoms with van der Waals surface area (Å²) in [6.07, 6.45) is 0.832. The molecule has 0 spiro atoms. The molecule has 2 aromatic carbocycles. The van der Waals surface area contributed by atoms with Gasteiger partial charge < -0.3 is 9.84 Å². The van der Waals surface area contributed by atoms with Crippen LogP contribution in [0.15, 0.2) is 41.3 Å². The van der Waals surface area contributed by atoms with Crippen molar-refractivity contribution in [3.05, 3.63) is 59.2 Å². The number of rotatable bonds is 4. The van der Waals surface area contributed by atoms with E-state index in [4.69, 9.17) is 9.84 Å². The number of aliphatic hydroxyl groups is 1. The molecule has 0 saturated heterocycles. The number of hydrogen-bond donors (Lipinski definition) is 1. The number of aliphatic hydroxyl groups excluding tert-OH is 1. The van der Waals surface area contributed by atoms with Crippen molar-refractivity contribution in [2.45, 2.75) is 23.2 Å². The lowest BCUT2D eigenvalue weighted by Crippen LogP contribution is -2.15. The van der Waals surface area contributed by atoms with Crippen molar-refractivity contribution in [1.29, 1.82) is 0 Å². The molecule has 1 aliphatic heterocycles. The minimum atomic E-state index is -0.778. The Morgan fingerprint density at radius 2 is 1.90 bits per heavy atom. The van der Waals surface area contributed by atoms with Crippen LogP contribution in [0.5, 0.6) is 5.75 Å². The van der Waals surface area contributed by atoms with Crippen LogP contribution < -0.4 is 4.74 Å². The van der Waals surface area contributed by atoms with Crippen LogP contribution in [-0.2, 0) is 13.0 Å². The van der Waals surface area contributed by atoms with Gasteiger partial charge in [0.15, 0.2) is 17.4 Å². The van der Waals surface area contributed by atoms with Crippen molar-refractivity contribution >= 4 is 11.8 Å². The predicted molar refractivity (Wildman–Crippen MR) is 77.6 cm³/mol. The topological polar surface area (TPSA) is 29.5 Å². The van der Waals surface area contributed by atoms with Crippen molar-refractivity contribution in [2.24, 2.45) is 0 Å². The van der Waals surface area contributed by atoms with E-state index in [2.05, 4.69) is 6.07 Å². The molecule has 0 saturated carbocycles. The van der Waals surface area contributed by atoms with E-state index in [-0.39, 0.29) is 23.2 Å². The van der Waals surface area contributed by atoms with E-state index in [1.165, 1.54) is 10.5 Å². The molecule has 1 unspecified atom stereocenters. The maximum absolute atomic E-state index is 13.8. The van der Waals surface area contributed by atoms with Gasteiger partial charge in [-0.05, 0) is 35.7 Å². The first-order valence-electron chi connectivity index (χ1n) is 6.63. The van der Waals surface area contributed by atoms with Gasteiger partial charge in [-0.15, -0.1) is 11.8 Å². The third-order valence-electron chi connectivity index (χ3n) is 3.37. The van der Waals surface area contributed by atoms with Gasteiger partial charge in [0.25, 0.3) is 0 Å². The van der Waals surface area contributed by atoms with Gasteiger partial charge in [-0.2, -0.15) is 0 Å². The SMILES string of the molecule is OCc1cc(F)c(OCC2Cc3ccccc3S2)c(F)c1. The molecule has 0 amide bonds. The van der Waals surface area contributed by atoms with Crippen LogP contribution >= 0.6 is 11.8 Å². The monoisotopic (exact) mass is 308 g/mol. The van der Waals surface area contributed by atoms with E-state index >= 15 is 0 Å². The number of fused-ring (bicyclic) bond motifs is 1. The molecule has 1 N–H and O–H groups in total. The van der Waals surface area contributed by atoms with Gasteiger partial charge >= 0.3 is 0 Å². The predicted octanol–water partition coefficient (Wildman–Crippen LogP) is 3.55. The molecule has 1 atom stereocenters. The highest BCUT2D eigenvalue weighted by atomic mass is 32.2. The van der Waals surface area contributed by atoms with Gasteiger partial charge in [0.1, 0.15) is 6.61 Å². The number of hydrogen-bond acceptors (Lipinski definition) is 3. The summed E-state index contributed by atoms with van der Waals surface area (Å²) in [5.74, 6) is -1.93. The quantitative estimate of drug-likeness (QED) is 0.936. The number of ether oxygens (including phenoxy) is 1. The molecular weight excluding hydrogens is 294 g/mol. The Bertz CT molecular complexity index is 612. The van der Waals surface area contributed by atoms with Crippen molar-refractivity contribution in [3.8, 4) is 5.75 Å². The molecule has 0 radical (unpaired) electrons. The highest BCUT2D eigenvalue weighted by molar-refractivity contribution is 8.00. The van der Waals surface area contributed by atoms with Crippen LogP contribution in [0, 0.1) is 11.6 Å². The van der Waals surface area contributed by atoms with Gasteiger partial charge in [-0.25, -0.2) is 8.78 Å². The maximum Gasteiger partial charge on any atom is 0.190 e. The van der Waals surface area contributed by atoms with Crippen LogP contribution in [-0.4, -0.2) is 17.0 Å². The number of halogens is 2. The average Bonchev–Trinajstić information content (AvgIpc) is 2.88. The van der Waals surface area contributed by atoms with Crippen LogP contribution in [0.25, 0.3) is 0 Å². The van der Waals surface area contributed by atoms with Gasteiger partial charge in [0, 0.05) is 10.1 Å². The minimum absolute atomic E-state index is 0.152. The van der Waals surface area contributed by atoms with Crippen LogP contribution in [0.2, 0.25) is 0 Å². The summed E-state index contributed by atoms with van der Waals surface area (Å²) < 4.78 is 32.8. The highest BCUT2D eigenvalue weighted by Crippen LogP contribution is 2.37. The summed E-state index contributed by atoms with van der Waals surface area (Å²) in [6, 6.07) is 10.2. The van der Waals surface area contributed by atoms with E-state index in [0.29, 0.717) is 0 Å². The smallest absolute Gasteiger partial charge is 0.190 e. The molecule has 0 aliphatic carbocycles. The summed E-state index contributed by atoms with van der Waals surface area (Å²) in [7, 11) is 0. The van der Waals surface area contributed by atoms with Crippen LogP contribution in [0.4, 0.5) is 8.78 Å². The summed E-state index contributed by atoms with van der Waals surface area (Å²) in [6.45, 7) is -0.159. The zero-order chi connectivity index (χ0) is 14.8. The van der Waals surface area contributed by atoms with Gasteiger partial charge in [0.2, 0.25) is 0 Å². The normalized spacial score (nSPS) is 16.8. The highest BCUT2D eigenvalue weighted by Gasteiger charge is 2.23. The Kier molecular flexibility index (Phi) is 4.12. The Hall–Kier alpha value is -1.59. The fourth-order valence-electron chi connectivity index (χ4n) is 2.36. The summed E-state index contributed by atoms with van der Waals surface area (Å²) in [4.78, 5) is 1.20. The Balaban J connectivity index is 1.67. The molecule has 1 heterocycles. The largest absolute Gasteiger partial charge is 0.486 e. The fourth-order valence-corrected chi connectivity index (χ4v) is 3.58. The first-order valence-corrected chi connectivity index (χ1v) is 7.51. The van der Waals surface area contributed by atoms with Crippen molar-refractivity contribution in [3.63, 3.8) is 0 Å². The Labute approximate surface area is 125 Å². The van der Waals surface area contributed by atoms with E-state index < -0.39 is 18.2 Å². The Morgan fingerprint density at radius 1 is 1.19 bits per heavy atom. The molecule has 21 heavy (non-hydrogen) atoms. The summed E-state index contributed by atoms with van der Waals surface area (Å²) >= 11 is 1.66. The molecule has 0 fully saturated rings. The lowest BCUT2D eigenvalue weighted by molar-refractivity contribution is 0.272. The molecule has 2 aromatic rings. The van der Waals surface area contributed by atoms with E-state index in [1.807, 2.05) is 18.2 Å². The third-order valence-corrected chi connectivity index (χ3v) is 4.66. The molecule has 0 aromatic heterocycles. The molecule has 110 valence electrons.